The minimum absolute atomic E-state index is 0.0148. The Kier molecular flexibility index (Phi) is 21.1. The fourth-order valence-corrected chi connectivity index (χ4v) is 15.0. The molecule has 0 aliphatic carbocycles. The van der Waals surface area contributed by atoms with Crippen LogP contribution in [0.4, 0.5) is 0 Å². The van der Waals surface area contributed by atoms with Gasteiger partial charge in [-0.1, -0.05) is 177 Å². The van der Waals surface area contributed by atoms with Gasteiger partial charge < -0.3 is 15.5 Å². The number of rotatable bonds is 32. The molecule has 0 bridgehead atoms. The molecule has 4 aromatic heterocycles. The molecule has 2 amide bonds. The number of fused-ring (bicyclic) bond motifs is 2. The zero-order chi connectivity index (χ0) is 48.8. The molecular formula is C59H89N3O2S4. The van der Waals surface area contributed by atoms with Crippen molar-refractivity contribution in [1.29, 1.82) is 0 Å². The largest absolute Gasteiger partial charge is 0.321 e. The first-order valence-corrected chi connectivity index (χ1v) is 30.6. The summed E-state index contributed by atoms with van der Waals surface area (Å²) in [5.41, 5.74) is 9.29. The van der Waals surface area contributed by atoms with Crippen LogP contribution in [0.5, 0.6) is 0 Å². The van der Waals surface area contributed by atoms with E-state index in [1.165, 1.54) is 152 Å². The Bertz CT molecular complexity index is 2240. The number of unbranched alkanes of at least 4 members (excludes halogenated alkanes) is 16. The third-order valence-corrected chi connectivity index (χ3v) is 19.9. The second-order valence-electron chi connectivity index (χ2n) is 22.1. The molecular weight excluding hydrogens is 911 g/mol. The molecule has 376 valence electrons. The van der Waals surface area contributed by atoms with E-state index in [-0.39, 0.29) is 17.2 Å². The van der Waals surface area contributed by atoms with Crippen LogP contribution < -0.4 is 5.73 Å². The van der Waals surface area contributed by atoms with Crippen molar-refractivity contribution >= 4 is 78.0 Å². The van der Waals surface area contributed by atoms with Crippen LogP contribution in [0.2, 0.25) is 0 Å². The van der Waals surface area contributed by atoms with E-state index < -0.39 is 5.54 Å². The first-order valence-electron chi connectivity index (χ1n) is 27.4. The highest BCUT2D eigenvalue weighted by molar-refractivity contribution is 7.31. The Morgan fingerprint density at radius 1 is 0.456 bits per heavy atom. The quantitative estimate of drug-likeness (QED) is 0.0496. The zero-order valence-corrected chi connectivity index (χ0v) is 47.2. The minimum atomic E-state index is -0.532. The lowest BCUT2D eigenvalue weighted by molar-refractivity contribution is -0.124. The van der Waals surface area contributed by atoms with Gasteiger partial charge in [-0.05, 0) is 93.2 Å². The molecule has 0 saturated heterocycles. The van der Waals surface area contributed by atoms with Crippen molar-refractivity contribution in [2.24, 2.45) is 17.6 Å². The Balaban J connectivity index is 1.44. The van der Waals surface area contributed by atoms with Crippen LogP contribution in [0.3, 0.4) is 0 Å². The molecule has 0 aromatic carbocycles. The molecule has 68 heavy (non-hydrogen) atoms. The second-order valence-corrected chi connectivity index (χ2v) is 26.4. The van der Waals surface area contributed by atoms with Crippen LogP contribution in [0.1, 0.15) is 236 Å². The lowest BCUT2D eigenvalue weighted by Gasteiger charge is -2.29. The van der Waals surface area contributed by atoms with Crippen molar-refractivity contribution in [3.63, 3.8) is 0 Å². The third-order valence-electron chi connectivity index (χ3n) is 14.4. The van der Waals surface area contributed by atoms with Gasteiger partial charge in [0.15, 0.2) is 0 Å². The van der Waals surface area contributed by atoms with E-state index in [0.29, 0.717) is 36.1 Å². The van der Waals surface area contributed by atoms with Crippen molar-refractivity contribution in [2.75, 3.05) is 13.1 Å². The van der Waals surface area contributed by atoms with Gasteiger partial charge in [0.1, 0.15) is 0 Å². The van der Waals surface area contributed by atoms with Gasteiger partial charge in [-0.2, -0.15) is 0 Å². The highest BCUT2D eigenvalue weighted by Crippen LogP contribution is 2.51. The molecule has 2 aliphatic rings. The van der Waals surface area contributed by atoms with Gasteiger partial charge in [-0.15, -0.1) is 45.3 Å². The minimum Gasteiger partial charge on any atom is -0.321 e. The molecule has 0 saturated carbocycles. The highest BCUT2D eigenvalue weighted by Gasteiger charge is 2.50. The number of nitrogens with two attached hydrogens (primary N) is 1. The summed E-state index contributed by atoms with van der Waals surface area (Å²) < 4.78 is 2.67. The Labute approximate surface area is 429 Å². The number of thiophene rings is 4. The molecule has 2 N–H and O–H groups in total. The second kappa shape index (κ2) is 26.2. The van der Waals surface area contributed by atoms with E-state index in [2.05, 4.69) is 109 Å². The molecule has 0 spiro atoms. The summed E-state index contributed by atoms with van der Waals surface area (Å²) in [5, 5.41) is 0. The molecule has 2 atom stereocenters. The van der Waals surface area contributed by atoms with Crippen molar-refractivity contribution in [1.82, 2.24) is 9.80 Å². The summed E-state index contributed by atoms with van der Waals surface area (Å²) in [6, 6.07) is 13.5. The van der Waals surface area contributed by atoms with Gasteiger partial charge in [0.2, 0.25) is 0 Å². The van der Waals surface area contributed by atoms with Crippen molar-refractivity contribution in [3.8, 4) is 9.75 Å². The van der Waals surface area contributed by atoms with Gasteiger partial charge in [0.25, 0.3) is 11.8 Å². The lowest BCUT2D eigenvalue weighted by Crippen LogP contribution is -2.34. The molecule has 0 fully saturated rings. The fraction of sp³-hybridized carbons (Fsp3) is 0.661. The van der Waals surface area contributed by atoms with Gasteiger partial charge in [0.05, 0.1) is 32.3 Å². The third kappa shape index (κ3) is 14.3. The Morgan fingerprint density at radius 3 is 1.28 bits per heavy atom. The summed E-state index contributed by atoms with van der Waals surface area (Å²) in [6.07, 6.45) is 29.4. The molecule has 2 aliphatic heterocycles. The van der Waals surface area contributed by atoms with Gasteiger partial charge in [0, 0.05) is 47.5 Å². The maximum atomic E-state index is 15.7. The summed E-state index contributed by atoms with van der Waals surface area (Å²) in [5.74, 6) is 0.784. The van der Waals surface area contributed by atoms with Crippen LogP contribution in [0, 0.1) is 11.8 Å². The molecule has 9 heteroatoms. The lowest BCUT2D eigenvalue weighted by atomic mass is 9.93. The van der Waals surface area contributed by atoms with E-state index in [1.54, 1.807) is 22.7 Å². The number of carbonyl (C=O) groups excluding carboxylic acids is 2. The molecule has 6 rings (SSSR count). The van der Waals surface area contributed by atoms with Gasteiger partial charge in [-0.25, -0.2) is 0 Å². The predicted octanol–water partition coefficient (Wildman–Crippen LogP) is 18.7. The molecule has 2 unspecified atom stereocenters. The first kappa shape index (κ1) is 54.8. The van der Waals surface area contributed by atoms with E-state index in [9.17, 15) is 0 Å². The van der Waals surface area contributed by atoms with Crippen molar-refractivity contribution in [3.05, 3.63) is 67.1 Å². The van der Waals surface area contributed by atoms with Crippen LogP contribution in [0.15, 0.2) is 47.5 Å². The summed E-state index contributed by atoms with van der Waals surface area (Å²) >= 11 is 7.19. The number of hydrogen-bond acceptors (Lipinski definition) is 7. The van der Waals surface area contributed by atoms with Gasteiger partial charge >= 0.3 is 0 Å². The number of carbonyl (C=O) groups is 2. The standard InChI is InChI=1S/C59H89N3O2S4/c1-10-14-18-22-24-28-32-42(30-26-20-16-12-3)40-61-54(45-35-34-44(65-45)47-38-48-49(66-47)39-51(68-48)58(5,6)7)52-53(57(61)64)55(46-36-37-50(67-46)59(8,9)60)62(56(52)63)41-43(31-27-21-17-13-4)33-29-25-23-19-15-11-2/h34-39,42-43H,10-33,40-41,60H2,1-9H3. The Hall–Kier alpha value is -2.56. The maximum Gasteiger partial charge on any atom is 0.261 e. The summed E-state index contributed by atoms with van der Waals surface area (Å²) in [7, 11) is 0. The molecule has 5 nitrogen and oxygen atoms in total. The van der Waals surface area contributed by atoms with Crippen molar-refractivity contribution < 1.29 is 9.59 Å². The predicted molar refractivity (Wildman–Crippen MR) is 301 cm³/mol. The topological polar surface area (TPSA) is 66.6 Å². The van der Waals surface area contributed by atoms with Gasteiger partial charge in [-0.3, -0.25) is 9.59 Å². The van der Waals surface area contributed by atoms with Crippen LogP contribution in [-0.4, -0.2) is 34.7 Å². The molecule has 4 aromatic rings. The zero-order valence-electron chi connectivity index (χ0n) is 43.9. The number of hydrogen-bond donors (Lipinski definition) is 1. The Morgan fingerprint density at radius 2 is 0.853 bits per heavy atom. The van der Waals surface area contributed by atoms with Crippen LogP contribution >= 0.6 is 45.3 Å². The van der Waals surface area contributed by atoms with E-state index in [1.807, 2.05) is 22.7 Å². The molecule has 6 heterocycles. The molecule has 0 radical (unpaired) electrons. The summed E-state index contributed by atoms with van der Waals surface area (Å²) in [4.78, 5) is 42.6. The van der Waals surface area contributed by atoms with E-state index >= 15 is 9.59 Å². The van der Waals surface area contributed by atoms with E-state index in [0.717, 1.165) is 51.7 Å². The fourth-order valence-electron chi connectivity index (χ4n) is 10.3. The SMILES string of the molecule is CCCCCCCCC(CCCCCC)CN1C(=O)C2=C(c3ccc(C(C)(C)N)s3)N(CC(CCCCCC)CCCCCCCC)C(=O)C2=C1c1ccc(-c2cc3sc(C(C)(C)C)cc3s2)s1. The first-order chi connectivity index (χ1) is 32.7. The van der Waals surface area contributed by atoms with Crippen LogP contribution in [0.25, 0.3) is 30.5 Å². The summed E-state index contributed by atoms with van der Waals surface area (Å²) in [6.45, 7) is 21.4. The maximum absolute atomic E-state index is 15.7. The number of amides is 2. The van der Waals surface area contributed by atoms with Crippen LogP contribution in [-0.2, 0) is 20.5 Å². The highest BCUT2D eigenvalue weighted by atomic mass is 32.1. The normalized spacial score (nSPS) is 15.6. The average Bonchev–Trinajstić information content (AvgIpc) is 4.16. The monoisotopic (exact) mass is 1000 g/mol. The van der Waals surface area contributed by atoms with Crippen molar-refractivity contribution in [2.45, 2.75) is 227 Å². The number of nitrogens with zero attached hydrogens (tertiary/aromatic N) is 2. The van der Waals surface area contributed by atoms with E-state index in [4.69, 9.17) is 5.73 Å². The smallest absolute Gasteiger partial charge is 0.261 e. The average molecular weight is 1000 g/mol.